The van der Waals surface area contributed by atoms with E-state index in [0.717, 1.165) is 23.0 Å². The van der Waals surface area contributed by atoms with Crippen molar-refractivity contribution in [1.29, 1.82) is 0 Å². The van der Waals surface area contributed by atoms with Gasteiger partial charge in [0.15, 0.2) is 8.32 Å². The van der Waals surface area contributed by atoms with Gasteiger partial charge in [-0.2, -0.15) is 4.31 Å². The lowest BCUT2D eigenvalue weighted by molar-refractivity contribution is -0.114. The zero-order chi connectivity index (χ0) is 28.0. The molecule has 7 heteroatoms. The second kappa shape index (κ2) is 12.5. The molecule has 0 fully saturated rings. The topological polar surface area (TPSA) is 63.7 Å². The SMILES string of the molecule is Cc1ccc(S(=O)(=O)N(Cc2ccccc2)[C@H](C=O)[C@H](CCc2ccccc2)O[Si](C)(C)C(C)(C)C)cc1. The van der Waals surface area contributed by atoms with Gasteiger partial charge < -0.3 is 9.22 Å². The molecule has 204 valence electrons. The Hall–Kier alpha value is -2.58. The smallest absolute Gasteiger partial charge is 0.244 e. The third-order valence-corrected chi connectivity index (χ3v) is 13.8. The van der Waals surface area contributed by atoms with Crippen LogP contribution in [0, 0.1) is 6.92 Å². The molecule has 0 heterocycles. The summed E-state index contributed by atoms with van der Waals surface area (Å²) in [5.41, 5.74) is 2.90. The molecule has 5 nitrogen and oxygen atoms in total. The van der Waals surface area contributed by atoms with Crippen LogP contribution in [0.1, 0.15) is 43.9 Å². The van der Waals surface area contributed by atoms with Crippen LogP contribution in [-0.2, 0) is 32.2 Å². The highest BCUT2D eigenvalue weighted by molar-refractivity contribution is 7.89. The molecule has 2 atom stereocenters. The lowest BCUT2D eigenvalue weighted by Gasteiger charge is -2.42. The maximum absolute atomic E-state index is 14.1. The maximum atomic E-state index is 14.1. The van der Waals surface area contributed by atoms with E-state index in [-0.39, 0.29) is 16.5 Å². The van der Waals surface area contributed by atoms with Gasteiger partial charge in [-0.05, 0) is 61.2 Å². The lowest BCUT2D eigenvalue weighted by atomic mass is 10.0. The van der Waals surface area contributed by atoms with Gasteiger partial charge in [-0.25, -0.2) is 8.42 Å². The van der Waals surface area contributed by atoms with Crippen LogP contribution in [0.3, 0.4) is 0 Å². The molecular weight excluding hydrogens is 510 g/mol. The minimum Gasteiger partial charge on any atom is -0.412 e. The first-order chi connectivity index (χ1) is 17.8. The number of benzene rings is 3. The number of aldehydes is 1. The van der Waals surface area contributed by atoms with Crippen molar-refractivity contribution in [2.75, 3.05) is 0 Å². The molecule has 0 unspecified atom stereocenters. The Balaban J connectivity index is 2.08. The molecule has 0 radical (unpaired) electrons. The Morgan fingerprint density at radius 1 is 0.868 bits per heavy atom. The van der Waals surface area contributed by atoms with E-state index in [1.54, 1.807) is 24.3 Å². The minimum absolute atomic E-state index is 0.0726. The summed E-state index contributed by atoms with van der Waals surface area (Å²) < 4.78 is 36.4. The highest BCUT2D eigenvalue weighted by atomic mass is 32.2. The van der Waals surface area contributed by atoms with E-state index in [9.17, 15) is 13.2 Å². The molecule has 0 spiro atoms. The number of aryl methyl sites for hydroxylation is 2. The van der Waals surface area contributed by atoms with E-state index >= 15 is 0 Å². The summed E-state index contributed by atoms with van der Waals surface area (Å²) >= 11 is 0. The monoisotopic (exact) mass is 551 g/mol. The average Bonchev–Trinajstić information content (AvgIpc) is 2.87. The molecule has 0 aliphatic heterocycles. The average molecular weight is 552 g/mol. The van der Waals surface area contributed by atoms with Crippen molar-refractivity contribution in [2.45, 2.75) is 82.3 Å². The van der Waals surface area contributed by atoms with E-state index < -0.39 is 30.5 Å². The van der Waals surface area contributed by atoms with Crippen molar-refractivity contribution >= 4 is 24.6 Å². The number of nitrogens with zero attached hydrogens (tertiary/aromatic N) is 1. The molecule has 3 rings (SSSR count). The van der Waals surface area contributed by atoms with E-state index in [0.29, 0.717) is 12.8 Å². The molecule has 0 amide bonds. The van der Waals surface area contributed by atoms with Crippen molar-refractivity contribution in [1.82, 2.24) is 4.31 Å². The maximum Gasteiger partial charge on any atom is 0.244 e. The molecule has 3 aromatic carbocycles. The van der Waals surface area contributed by atoms with Crippen molar-refractivity contribution in [3.05, 3.63) is 102 Å². The van der Waals surface area contributed by atoms with Gasteiger partial charge in [0.1, 0.15) is 12.3 Å². The molecule has 0 saturated heterocycles. The summed E-state index contributed by atoms with van der Waals surface area (Å²) in [7, 11) is -6.36. The van der Waals surface area contributed by atoms with E-state index in [1.165, 1.54) is 4.31 Å². The third kappa shape index (κ3) is 7.50. The molecule has 0 aliphatic carbocycles. The Bertz CT molecular complexity index is 1270. The standard InChI is InChI=1S/C31H41NO4SSi/c1-25-17-20-28(21-18-25)37(34,35)32(23-27-15-11-8-12-16-27)29(24-33)30(36-38(5,6)31(2,3)4)22-19-26-13-9-7-10-14-26/h7-18,20-21,24,29-30H,19,22-23H2,1-6H3/t29-,30+/m1/s1. The zero-order valence-electron chi connectivity index (χ0n) is 23.4. The largest absolute Gasteiger partial charge is 0.412 e. The number of carbonyl (C=O) groups is 1. The van der Waals surface area contributed by atoms with E-state index in [2.05, 4.69) is 33.9 Å². The first kappa shape index (κ1) is 30.0. The van der Waals surface area contributed by atoms with Crippen LogP contribution in [-0.4, -0.2) is 39.5 Å². The van der Waals surface area contributed by atoms with Crippen LogP contribution in [0.4, 0.5) is 0 Å². The third-order valence-electron chi connectivity index (χ3n) is 7.47. The van der Waals surface area contributed by atoms with Gasteiger partial charge in [0.25, 0.3) is 0 Å². The zero-order valence-corrected chi connectivity index (χ0v) is 25.2. The molecule has 0 bridgehead atoms. The summed E-state index contributed by atoms with van der Waals surface area (Å²) in [5.74, 6) is 0. The van der Waals surface area contributed by atoms with E-state index in [1.807, 2.05) is 67.6 Å². The van der Waals surface area contributed by atoms with Crippen molar-refractivity contribution in [3.8, 4) is 0 Å². The fourth-order valence-corrected chi connectivity index (χ4v) is 7.05. The van der Waals surface area contributed by atoms with Gasteiger partial charge in [0.2, 0.25) is 10.0 Å². The number of sulfonamides is 1. The van der Waals surface area contributed by atoms with Crippen molar-refractivity contribution in [3.63, 3.8) is 0 Å². The van der Waals surface area contributed by atoms with Gasteiger partial charge in [-0.1, -0.05) is 99.1 Å². The van der Waals surface area contributed by atoms with Crippen LogP contribution in [0.15, 0.2) is 89.8 Å². The summed E-state index contributed by atoms with van der Waals surface area (Å²) in [4.78, 5) is 13.1. The van der Waals surface area contributed by atoms with Gasteiger partial charge in [0, 0.05) is 6.54 Å². The second-order valence-electron chi connectivity index (χ2n) is 11.4. The lowest BCUT2D eigenvalue weighted by Crippen LogP contribution is -2.53. The number of carbonyl (C=O) groups excluding carboxylic acids is 1. The van der Waals surface area contributed by atoms with Crippen LogP contribution >= 0.6 is 0 Å². The van der Waals surface area contributed by atoms with Gasteiger partial charge >= 0.3 is 0 Å². The molecular formula is C31H41NO4SSi. The molecule has 0 aliphatic rings. The predicted octanol–water partition coefficient (Wildman–Crippen LogP) is 6.78. The molecule has 38 heavy (non-hydrogen) atoms. The summed E-state index contributed by atoms with van der Waals surface area (Å²) in [5, 5.41) is -0.106. The number of hydrogen-bond acceptors (Lipinski definition) is 4. The van der Waals surface area contributed by atoms with Gasteiger partial charge in [-0.15, -0.1) is 0 Å². The molecule has 0 N–H and O–H groups in total. The Morgan fingerprint density at radius 3 is 1.89 bits per heavy atom. The Labute approximate surface area is 230 Å². The van der Waals surface area contributed by atoms with Crippen LogP contribution in [0.2, 0.25) is 18.1 Å². The fourth-order valence-electron chi connectivity index (χ4n) is 4.11. The minimum atomic E-state index is -4.01. The number of hydrogen-bond donors (Lipinski definition) is 0. The predicted molar refractivity (Wildman–Crippen MR) is 157 cm³/mol. The fraction of sp³-hybridized carbons (Fsp3) is 0.387. The molecule has 0 saturated carbocycles. The second-order valence-corrected chi connectivity index (χ2v) is 18.1. The molecule has 0 aromatic heterocycles. The Morgan fingerprint density at radius 2 is 1.39 bits per heavy atom. The van der Waals surface area contributed by atoms with Crippen LogP contribution in [0.25, 0.3) is 0 Å². The van der Waals surface area contributed by atoms with E-state index in [4.69, 9.17) is 4.43 Å². The number of rotatable bonds is 12. The quantitative estimate of drug-likeness (QED) is 0.184. The van der Waals surface area contributed by atoms with Gasteiger partial charge in [-0.3, -0.25) is 0 Å². The molecule has 3 aromatic rings. The first-order valence-corrected chi connectivity index (χ1v) is 17.5. The summed E-state index contributed by atoms with van der Waals surface area (Å²) in [6.45, 7) is 12.7. The van der Waals surface area contributed by atoms with Crippen LogP contribution in [0.5, 0.6) is 0 Å². The van der Waals surface area contributed by atoms with Gasteiger partial charge in [0.05, 0.1) is 11.0 Å². The summed E-state index contributed by atoms with van der Waals surface area (Å²) in [6, 6.07) is 25.2. The van der Waals surface area contributed by atoms with Crippen molar-refractivity contribution < 1.29 is 17.6 Å². The first-order valence-electron chi connectivity index (χ1n) is 13.1. The normalized spacial score (nSPS) is 14.3. The van der Waals surface area contributed by atoms with Crippen molar-refractivity contribution in [2.24, 2.45) is 0 Å². The Kier molecular flexibility index (Phi) is 9.87. The summed E-state index contributed by atoms with van der Waals surface area (Å²) in [6.07, 6.45) is 1.36. The highest BCUT2D eigenvalue weighted by Crippen LogP contribution is 2.39. The highest BCUT2D eigenvalue weighted by Gasteiger charge is 2.44. The van der Waals surface area contributed by atoms with Crippen LogP contribution < -0.4 is 0 Å².